The molecule has 1 aromatic rings. The Labute approximate surface area is 103 Å². The van der Waals surface area contributed by atoms with Gasteiger partial charge in [-0.1, -0.05) is 12.1 Å². The molecule has 1 rings (SSSR count). The van der Waals surface area contributed by atoms with Crippen LogP contribution in [0.5, 0.6) is 5.75 Å². The lowest BCUT2D eigenvalue weighted by Crippen LogP contribution is -2.21. The Hall–Kier alpha value is -1.35. The van der Waals surface area contributed by atoms with E-state index in [9.17, 15) is 4.79 Å². The topological polar surface area (TPSA) is 29.5 Å². The summed E-state index contributed by atoms with van der Waals surface area (Å²) in [6.45, 7) is 4.60. The van der Waals surface area contributed by atoms with E-state index in [-0.39, 0.29) is 11.9 Å². The fourth-order valence-corrected chi connectivity index (χ4v) is 1.52. The number of carbonyl (C=O) groups excluding carboxylic acids is 1. The van der Waals surface area contributed by atoms with Crippen LogP contribution in [0.25, 0.3) is 0 Å². The van der Waals surface area contributed by atoms with Gasteiger partial charge in [0.2, 0.25) is 0 Å². The van der Waals surface area contributed by atoms with E-state index in [1.54, 1.807) is 19.1 Å². The molecule has 3 heteroatoms. The lowest BCUT2D eigenvalue weighted by molar-refractivity contribution is 0.101. The van der Waals surface area contributed by atoms with Gasteiger partial charge in [0.1, 0.15) is 5.75 Å². The van der Waals surface area contributed by atoms with Gasteiger partial charge in [-0.3, -0.25) is 4.79 Å². The van der Waals surface area contributed by atoms with E-state index in [0.717, 1.165) is 18.7 Å². The first kappa shape index (κ1) is 13.7. The SMILES string of the molecule is CC(=O)c1cccc(OC(C)CCN(C)C)c1. The largest absolute Gasteiger partial charge is 0.491 e. The molecule has 0 amide bonds. The van der Waals surface area contributed by atoms with Gasteiger partial charge in [0.05, 0.1) is 6.10 Å². The van der Waals surface area contributed by atoms with Crippen LogP contribution in [0.1, 0.15) is 30.6 Å². The van der Waals surface area contributed by atoms with Crippen molar-refractivity contribution in [2.45, 2.75) is 26.4 Å². The Balaban J connectivity index is 2.56. The number of ketones is 1. The van der Waals surface area contributed by atoms with Crippen LogP contribution in [-0.4, -0.2) is 37.4 Å². The first-order chi connectivity index (χ1) is 7.99. The maximum Gasteiger partial charge on any atom is 0.159 e. The molecule has 94 valence electrons. The molecule has 0 spiro atoms. The molecule has 0 heterocycles. The molecule has 0 saturated carbocycles. The number of hydrogen-bond acceptors (Lipinski definition) is 3. The molecule has 0 aromatic heterocycles. The Bertz CT molecular complexity index is 374. The number of nitrogens with zero attached hydrogens (tertiary/aromatic N) is 1. The highest BCUT2D eigenvalue weighted by atomic mass is 16.5. The summed E-state index contributed by atoms with van der Waals surface area (Å²) in [6.07, 6.45) is 1.12. The molecular formula is C14H21NO2. The monoisotopic (exact) mass is 235 g/mol. The Morgan fingerprint density at radius 2 is 2.12 bits per heavy atom. The van der Waals surface area contributed by atoms with Crippen LogP contribution in [0, 0.1) is 0 Å². The molecule has 1 aromatic carbocycles. The van der Waals surface area contributed by atoms with Crippen molar-refractivity contribution in [3.05, 3.63) is 29.8 Å². The summed E-state index contributed by atoms with van der Waals surface area (Å²) in [5.74, 6) is 0.834. The first-order valence-electron chi connectivity index (χ1n) is 5.91. The van der Waals surface area contributed by atoms with Crippen molar-refractivity contribution in [2.24, 2.45) is 0 Å². The molecular weight excluding hydrogens is 214 g/mol. The van der Waals surface area contributed by atoms with Crippen molar-refractivity contribution in [3.63, 3.8) is 0 Å². The first-order valence-corrected chi connectivity index (χ1v) is 5.91. The third-order valence-corrected chi connectivity index (χ3v) is 2.56. The highest BCUT2D eigenvalue weighted by molar-refractivity contribution is 5.94. The van der Waals surface area contributed by atoms with Gasteiger partial charge in [-0.05, 0) is 46.5 Å². The van der Waals surface area contributed by atoms with E-state index in [1.165, 1.54) is 0 Å². The van der Waals surface area contributed by atoms with Crippen molar-refractivity contribution >= 4 is 5.78 Å². The molecule has 0 bridgehead atoms. The zero-order valence-electron chi connectivity index (χ0n) is 11.1. The molecule has 0 aliphatic heterocycles. The summed E-state index contributed by atoms with van der Waals surface area (Å²) in [5, 5.41) is 0. The fourth-order valence-electron chi connectivity index (χ4n) is 1.52. The van der Waals surface area contributed by atoms with Gasteiger partial charge >= 0.3 is 0 Å². The van der Waals surface area contributed by atoms with Gasteiger partial charge in [0.25, 0.3) is 0 Å². The lowest BCUT2D eigenvalue weighted by Gasteiger charge is -2.17. The van der Waals surface area contributed by atoms with E-state index in [4.69, 9.17) is 4.74 Å². The van der Waals surface area contributed by atoms with E-state index in [2.05, 4.69) is 4.90 Å². The van der Waals surface area contributed by atoms with Gasteiger partial charge in [-0.15, -0.1) is 0 Å². The molecule has 0 aliphatic carbocycles. The smallest absolute Gasteiger partial charge is 0.159 e. The predicted molar refractivity (Wildman–Crippen MR) is 69.7 cm³/mol. The summed E-state index contributed by atoms with van der Waals surface area (Å²) in [5.41, 5.74) is 0.697. The predicted octanol–water partition coefficient (Wildman–Crippen LogP) is 2.61. The van der Waals surface area contributed by atoms with Crippen LogP contribution in [0.2, 0.25) is 0 Å². The van der Waals surface area contributed by atoms with Crippen molar-refractivity contribution < 1.29 is 9.53 Å². The molecule has 1 unspecified atom stereocenters. The van der Waals surface area contributed by atoms with E-state index < -0.39 is 0 Å². The third kappa shape index (κ3) is 5.00. The van der Waals surface area contributed by atoms with Gasteiger partial charge in [-0.2, -0.15) is 0 Å². The molecule has 1 atom stereocenters. The minimum absolute atomic E-state index is 0.0661. The maximum absolute atomic E-state index is 11.2. The van der Waals surface area contributed by atoms with Crippen molar-refractivity contribution in [2.75, 3.05) is 20.6 Å². The number of rotatable bonds is 6. The molecule has 0 fully saturated rings. The molecule has 17 heavy (non-hydrogen) atoms. The van der Waals surface area contributed by atoms with Gasteiger partial charge < -0.3 is 9.64 Å². The summed E-state index contributed by atoms with van der Waals surface area (Å²) in [4.78, 5) is 13.4. The zero-order chi connectivity index (χ0) is 12.8. The summed E-state index contributed by atoms with van der Waals surface area (Å²) >= 11 is 0. The second-order valence-electron chi connectivity index (χ2n) is 4.60. The number of hydrogen-bond donors (Lipinski definition) is 0. The Kier molecular flexibility index (Phi) is 5.16. The van der Waals surface area contributed by atoms with Crippen LogP contribution in [-0.2, 0) is 0 Å². The summed E-state index contributed by atoms with van der Waals surface area (Å²) in [7, 11) is 4.09. The third-order valence-electron chi connectivity index (χ3n) is 2.56. The second-order valence-corrected chi connectivity index (χ2v) is 4.60. The highest BCUT2D eigenvalue weighted by Crippen LogP contribution is 2.16. The van der Waals surface area contributed by atoms with Crippen molar-refractivity contribution in [1.29, 1.82) is 0 Å². The second kappa shape index (κ2) is 6.40. The minimum Gasteiger partial charge on any atom is -0.491 e. The lowest BCUT2D eigenvalue weighted by atomic mass is 10.1. The van der Waals surface area contributed by atoms with E-state index in [1.807, 2.05) is 33.2 Å². The minimum atomic E-state index is 0.0661. The quantitative estimate of drug-likeness (QED) is 0.710. The van der Waals surface area contributed by atoms with Crippen LogP contribution in [0.3, 0.4) is 0 Å². The van der Waals surface area contributed by atoms with Crippen LogP contribution in [0.15, 0.2) is 24.3 Å². The van der Waals surface area contributed by atoms with Crippen LogP contribution < -0.4 is 4.74 Å². The normalized spacial score (nSPS) is 12.5. The summed E-state index contributed by atoms with van der Waals surface area (Å²) in [6, 6.07) is 7.34. The molecule has 0 aliphatic rings. The van der Waals surface area contributed by atoms with Crippen LogP contribution in [0.4, 0.5) is 0 Å². The highest BCUT2D eigenvalue weighted by Gasteiger charge is 2.06. The fraction of sp³-hybridized carbons (Fsp3) is 0.500. The number of ether oxygens (including phenoxy) is 1. The Morgan fingerprint density at radius 1 is 1.41 bits per heavy atom. The average molecular weight is 235 g/mol. The molecule has 3 nitrogen and oxygen atoms in total. The van der Waals surface area contributed by atoms with Crippen molar-refractivity contribution in [3.8, 4) is 5.75 Å². The standard InChI is InChI=1S/C14H21NO2/c1-11(8-9-15(3)4)17-14-7-5-6-13(10-14)12(2)16/h5-7,10-11H,8-9H2,1-4H3. The van der Waals surface area contributed by atoms with E-state index in [0.29, 0.717) is 5.56 Å². The van der Waals surface area contributed by atoms with Gasteiger partial charge in [-0.25, -0.2) is 0 Å². The van der Waals surface area contributed by atoms with Gasteiger partial charge in [0.15, 0.2) is 5.78 Å². The summed E-state index contributed by atoms with van der Waals surface area (Å²) < 4.78 is 5.78. The van der Waals surface area contributed by atoms with Crippen LogP contribution >= 0.6 is 0 Å². The molecule has 0 N–H and O–H groups in total. The average Bonchev–Trinajstić information content (AvgIpc) is 2.26. The Morgan fingerprint density at radius 3 is 2.71 bits per heavy atom. The van der Waals surface area contributed by atoms with Gasteiger partial charge in [0, 0.05) is 12.1 Å². The number of benzene rings is 1. The number of Topliss-reactive ketones (excluding diaryl/α,β-unsaturated/α-hetero) is 1. The maximum atomic E-state index is 11.2. The zero-order valence-corrected chi connectivity index (χ0v) is 11.1. The van der Waals surface area contributed by atoms with Crippen molar-refractivity contribution in [1.82, 2.24) is 4.90 Å². The number of carbonyl (C=O) groups is 1. The van der Waals surface area contributed by atoms with E-state index >= 15 is 0 Å². The molecule has 0 radical (unpaired) electrons. The molecule has 0 saturated heterocycles.